The van der Waals surface area contributed by atoms with Gasteiger partial charge in [-0.3, -0.25) is 4.68 Å². The van der Waals surface area contributed by atoms with Crippen molar-refractivity contribution in [2.75, 3.05) is 19.3 Å². The van der Waals surface area contributed by atoms with Crippen LogP contribution in [0.15, 0.2) is 18.5 Å². The van der Waals surface area contributed by atoms with Gasteiger partial charge in [-0.1, -0.05) is 0 Å². The van der Waals surface area contributed by atoms with Gasteiger partial charge in [-0.05, 0) is 32.9 Å². The van der Waals surface area contributed by atoms with Crippen molar-refractivity contribution < 1.29 is 8.42 Å². The Balaban J connectivity index is 2.19. The van der Waals surface area contributed by atoms with Gasteiger partial charge >= 0.3 is 0 Å². The second-order valence-corrected chi connectivity index (χ2v) is 6.32. The van der Waals surface area contributed by atoms with Crippen LogP contribution in [0.25, 0.3) is 0 Å². The SMILES string of the molecule is C[C@H](NCCCNS(C)(=O)=O)[C@@H](C)n1cccn1. The maximum Gasteiger partial charge on any atom is 0.208 e. The summed E-state index contributed by atoms with van der Waals surface area (Å²) in [6.07, 6.45) is 5.64. The van der Waals surface area contributed by atoms with Gasteiger partial charge in [-0.15, -0.1) is 0 Å². The summed E-state index contributed by atoms with van der Waals surface area (Å²) >= 11 is 0. The molecule has 6 nitrogen and oxygen atoms in total. The van der Waals surface area contributed by atoms with E-state index in [1.165, 1.54) is 6.26 Å². The molecule has 0 saturated carbocycles. The summed E-state index contributed by atoms with van der Waals surface area (Å²) in [4.78, 5) is 0. The second-order valence-electron chi connectivity index (χ2n) is 4.49. The lowest BCUT2D eigenvalue weighted by atomic mass is 10.1. The van der Waals surface area contributed by atoms with Gasteiger partial charge in [-0.25, -0.2) is 13.1 Å². The quantitative estimate of drug-likeness (QED) is 0.671. The van der Waals surface area contributed by atoms with Crippen LogP contribution in [0.4, 0.5) is 0 Å². The molecule has 0 bridgehead atoms. The van der Waals surface area contributed by atoms with Gasteiger partial charge in [0.05, 0.1) is 12.3 Å². The predicted molar refractivity (Wildman–Crippen MR) is 71.9 cm³/mol. The second kappa shape index (κ2) is 6.86. The Hall–Kier alpha value is -0.920. The summed E-state index contributed by atoms with van der Waals surface area (Å²) in [5, 5.41) is 7.56. The van der Waals surface area contributed by atoms with Crippen LogP contribution in [-0.4, -0.2) is 43.6 Å². The highest BCUT2D eigenvalue weighted by atomic mass is 32.2. The van der Waals surface area contributed by atoms with Crippen molar-refractivity contribution in [3.8, 4) is 0 Å². The third-order valence-corrected chi connectivity index (χ3v) is 3.58. The zero-order valence-electron chi connectivity index (χ0n) is 11.1. The molecular weight excluding hydrogens is 252 g/mol. The van der Waals surface area contributed by atoms with E-state index in [1.807, 2.05) is 16.9 Å². The summed E-state index contributed by atoms with van der Waals surface area (Å²) in [5.74, 6) is 0. The first kappa shape index (κ1) is 15.1. The van der Waals surface area contributed by atoms with Crippen molar-refractivity contribution in [1.29, 1.82) is 0 Å². The highest BCUT2D eigenvalue weighted by molar-refractivity contribution is 7.88. The maximum atomic E-state index is 10.8. The summed E-state index contributed by atoms with van der Waals surface area (Å²) < 4.78 is 26.1. The molecule has 0 aromatic carbocycles. The zero-order valence-corrected chi connectivity index (χ0v) is 11.9. The standard InChI is InChI=1S/C11H22N4O2S/c1-10(11(2)15-9-5-7-13-15)12-6-4-8-14-18(3,16)17/h5,7,9-12,14H,4,6,8H2,1-3H3/t10-,11+/m0/s1. The molecule has 104 valence electrons. The van der Waals surface area contributed by atoms with Crippen LogP contribution in [0, 0.1) is 0 Å². The molecular formula is C11H22N4O2S. The van der Waals surface area contributed by atoms with E-state index in [1.54, 1.807) is 6.20 Å². The Morgan fingerprint density at radius 2 is 2.06 bits per heavy atom. The highest BCUT2D eigenvalue weighted by Crippen LogP contribution is 2.08. The first-order chi connectivity index (χ1) is 8.40. The van der Waals surface area contributed by atoms with Crippen molar-refractivity contribution in [1.82, 2.24) is 19.8 Å². The van der Waals surface area contributed by atoms with Gasteiger partial charge in [0.1, 0.15) is 0 Å². The smallest absolute Gasteiger partial charge is 0.208 e. The molecule has 0 fully saturated rings. The number of nitrogens with zero attached hydrogens (tertiary/aromatic N) is 2. The minimum absolute atomic E-state index is 0.267. The third-order valence-electron chi connectivity index (χ3n) is 2.85. The number of sulfonamides is 1. The molecule has 18 heavy (non-hydrogen) atoms. The molecule has 0 unspecified atom stereocenters. The predicted octanol–water partition coefficient (Wildman–Crippen LogP) is 0.362. The lowest BCUT2D eigenvalue weighted by Crippen LogP contribution is -2.36. The molecule has 2 atom stereocenters. The van der Waals surface area contributed by atoms with E-state index in [0.29, 0.717) is 6.54 Å². The molecule has 0 radical (unpaired) electrons. The summed E-state index contributed by atoms with van der Waals surface area (Å²) in [7, 11) is -3.07. The monoisotopic (exact) mass is 274 g/mol. The molecule has 1 aromatic heterocycles. The molecule has 0 amide bonds. The van der Waals surface area contributed by atoms with Crippen LogP contribution < -0.4 is 10.0 Å². The maximum absolute atomic E-state index is 10.8. The number of rotatable bonds is 8. The Labute approximate surface area is 109 Å². The highest BCUT2D eigenvalue weighted by Gasteiger charge is 2.12. The molecule has 1 rings (SSSR count). The molecule has 7 heteroatoms. The van der Waals surface area contributed by atoms with Crippen molar-refractivity contribution in [3.05, 3.63) is 18.5 Å². The number of nitrogens with one attached hydrogen (secondary N) is 2. The fraction of sp³-hybridized carbons (Fsp3) is 0.727. The van der Waals surface area contributed by atoms with Crippen LogP contribution >= 0.6 is 0 Å². The van der Waals surface area contributed by atoms with E-state index in [-0.39, 0.29) is 12.1 Å². The van der Waals surface area contributed by atoms with Crippen molar-refractivity contribution in [2.45, 2.75) is 32.4 Å². The normalized spacial score (nSPS) is 15.5. The van der Waals surface area contributed by atoms with Gasteiger partial charge in [0.15, 0.2) is 0 Å². The van der Waals surface area contributed by atoms with Crippen LogP contribution in [0.2, 0.25) is 0 Å². The van der Waals surface area contributed by atoms with Crippen molar-refractivity contribution >= 4 is 10.0 Å². The minimum Gasteiger partial charge on any atom is -0.312 e. The minimum atomic E-state index is -3.07. The molecule has 0 aliphatic rings. The Morgan fingerprint density at radius 3 is 2.61 bits per heavy atom. The first-order valence-electron chi connectivity index (χ1n) is 6.07. The van der Waals surface area contributed by atoms with Crippen molar-refractivity contribution in [2.24, 2.45) is 0 Å². The number of hydrogen-bond donors (Lipinski definition) is 2. The summed E-state index contributed by atoms with van der Waals surface area (Å²) in [6, 6.07) is 2.45. The Morgan fingerprint density at radius 1 is 1.33 bits per heavy atom. The topological polar surface area (TPSA) is 76.0 Å². The molecule has 0 aliphatic heterocycles. The van der Waals surface area contributed by atoms with Gasteiger partial charge < -0.3 is 5.32 Å². The van der Waals surface area contributed by atoms with Gasteiger partial charge in [-0.2, -0.15) is 5.10 Å². The lowest BCUT2D eigenvalue weighted by Gasteiger charge is -2.21. The van der Waals surface area contributed by atoms with Crippen LogP contribution in [0.1, 0.15) is 26.3 Å². The first-order valence-corrected chi connectivity index (χ1v) is 7.96. The van der Waals surface area contributed by atoms with Gasteiger partial charge in [0.2, 0.25) is 10.0 Å². The van der Waals surface area contributed by atoms with E-state index in [0.717, 1.165) is 13.0 Å². The summed E-state index contributed by atoms with van der Waals surface area (Å²) in [6.45, 7) is 5.43. The Kier molecular flexibility index (Phi) is 5.77. The average Bonchev–Trinajstić information content (AvgIpc) is 2.79. The Bertz CT molecular complexity index is 430. The van der Waals surface area contributed by atoms with Gasteiger partial charge in [0.25, 0.3) is 0 Å². The molecule has 2 N–H and O–H groups in total. The van der Waals surface area contributed by atoms with E-state index >= 15 is 0 Å². The fourth-order valence-corrected chi connectivity index (χ4v) is 2.11. The molecule has 1 aromatic rings. The summed E-state index contributed by atoms with van der Waals surface area (Å²) in [5.41, 5.74) is 0. The van der Waals surface area contributed by atoms with E-state index in [2.05, 4.69) is 29.0 Å². The molecule has 1 heterocycles. The third kappa shape index (κ3) is 5.61. The lowest BCUT2D eigenvalue weighted by molar-refractivity contribution is 0.365. The van der Waals surface area contributed by atoms with Crippen LogP contribution in [-0.2, 0) is 10.0 Å². The largest absolute Gasteiger partial charge is 0.312 e. The molecule has 0 aliphatic carbocycles. The fourth-order valence-electron chi connectivity index (χ4n) is 1.60. The van der Waals surface area contributed by atoms with Crippen molar-refractivity contribution in [3.63, 3.8) is 0 Å². The van der Waals surface area contributed by atoms with E-state index in [4.69, 9.17) is 0 Å². The average molecular weight is 274 g/mol. The number of hydrogen-bond acceptors (Lipinski definition) is 4. The zero-order chi connectivity index (χ0) is 13.6. The van der Waals surface area contributed by atoms with Crippen LogP contribution in [0.3, 0.4) is 0 Å². The van der Waals surface area contributed by atoms with E-state index < -0.39 is 10.0 Å². The number of aromatic nitrogens is 2. The molecule has 0 saturated heterocycles. The van der Waals surface area contributed by atoms with Crippen LogP contribution in [0.5, 0.6) is 0 Å². The van der Waals surface area contributed by atoms with Gasteiger partial charge in [0, 0.05) is 25.0 Å². The van der Waals surface area contributed by atoms with E-state index in [9.17, 15) is 8.42 Å². The molecule has 0 spiro atoms.